The van der Waals surface area contributed by atoms with E-state index in [1.165, 1.54) is 12.1 Å². The van der Waals surface area contributed by atoms with E-state index in [-0.39, 0.29) is 10.8 Å². The van der Waals surface area contributed by atoms with Gasteiger partial charge in [0.05, 0.1) is 11.4 Å². The zero-order valence-electron chi connectivity index (χ0n) is 15.2. The minimum absolute atomic E-state index is 0.0307. The fraction of sp³-hybridized carbons (Fsp3) is 0. The minimum Gasteiger partial charge on any atom is -0.226 e. The molecule has 0 N–H and O–H groups in total. The fourth-order valence-corrected chi connectivity index (χ4v) is 3.07. The molecule has 0 amide bonds. The smallest absolute Gasteiger partial charge is 0.160 e. The van der Waals surface area contributed by atoms with Gasteiger partial charge < -0.3 is 0 Å². The molecule has 4 rings (SSSR count). The van der Waals surface area contributed by atoms with Gasteiger partial charge in [-0.05, 0) is 12.1 Å². The average molecular weight is 376 g/mol. The van der Waals surface area contributed by atoms with Crippen molar-refractivity contribution in [1.82, 2.24) is 0 Å². The highest BCUT2D eigenvalue weighted by atomic mass is 19.1. The highest BCUT2D eigenvalue weighted by molar-refractivity contribution is 6.55. The van der Waals surface area contributed by atoms with Crippen LogP contribution >= 0.6 is 0 Å². The summed E-state index contributed by atoms with van der Waals surface area (Å²) < 4.78 is 14.5. The Hall–Kier alpha value is -4.35. The van der Waals surface area contributed by atoms with Crippen molar-refractivity contribution in [2.75, 3.05) is 0 Å². The Morgan fingerprint density at radius 3 is 1.69 bits per heavy atom. The van der Waals surface area contributed by atoms with E-state index in [1.807, 2.05) is 60.7 Å². The molecule has 3 aromatic carbocycles. The molecule has 1 aliphatic heterocycles. The van der Waals surface area contributed by atoms with Crippen molar-refractivity contribution in [2.45, 2.75) is 0 Å². The highest BCUT2D eigenvalue weighted by Crippen LogP contribution is 2.20. The zero-order chi connectivity index (χ0) is 20.2. The maximum Gasteiger partial charge on any atom is 0.160 e. The van der Waals surface area contributed by atoms with Crippen LogP contribution in [-0.4, -0.2) is 11.4 Å². The molecule has 0 spiro atoms. The Balaban J connectivity index is 1.96. The maximum absolute atomic E-state index is 14.5. The van der Waals surface area contributed by atoms with Crippen molar-refractivity contribution in [1.29, 1.82) is 10.5 Å². The van der Waals surface area contributed by atoms with Crippen LogP contribution < -0.4 is 10.4 Å². The van der Waals surface area contributed by atoms with Gasteiger partial charge in [0.2, 0.25) is 0 Å². The van der Waals surface area contributed by atoms with Crippen molar-refractivity contribution in [3.05, 3.63) is 106 Å². The normalized spacial score (nSPS) is 12.6. The molecule has 0 bridgehead atoms. The van der Waals surface area contributed by atoms with Crippen LogP contribution in [0.15, 0.2) is 88.8 Å². The van der Waals surface area contributed by atoms with E-state index in [0.29, 0.717) is 22.5 Å². The van der Waals surface area contributed by atoms with Gasteiger partial charge in [-0.15, -0.1) is 0 Å². The molecule has 0 saturated heterocycles. The topological polar surface area (TPSA) is 72.3 Å². The number of halogens is 1. The van der Waals surface area contributed by atoms with Gasteiger partial charge in [-0.1, -0.05) is 66.7 Å². The van der Waals surface area contributed by atoms with Gasteiger partial charge in [0, 0.05) is 21.6 Å². The van der Waals surface area contributed by atoms with Crippen molar-refractivity contribution in [3.8, 4) is 12.1 Å². The molecule has 1 aliphatic rings. The highest BCUT2D eigenvalue weighted by Gasteiger charge is 2.21. The SMILES string of the molecule is N#CC(C#N)=c1ccc(=C2N=C(c3ccccc3)C(c3ccccc3)=N2)cc1F. The lowest BCUT2D eigenvalue weighted by molar-refractivity contribution is 0.617. The summed E-state index contributed by atoms with van der Waals surface area (Å²) >= 11 is 0. The molecule has 1 heterocycles. The summed E-state index contributed by atoms with van der Waals surface area (Å²) in [4.78, 5) is 9.34. The van der Waals surface area contributed by atoms with Gasteiger partial charge in [-0.2, -0.15) is 10.5 Å². The van der Waals surface area contributed by atoms with Gasteiger partial charge in [-0.25, -0.2) is 14.4 Å². The Morgan fingerprint density at radius 1 is 0.724 bits per heavy atom. The third-order valence-electron chi connectivity index (χ3n) is 4.47. The number of benzene rings is 3. The summed E-state index contributed by atoms with van der Waals surface area (Å²) in [5, 5.41) is 18.4. The van der Waals surface area contributed by atoms with Crippen LogP contribution in [0.2, 0.25) is 0 Å². The van der Waals surface area contributed by atoms with E-state index in [9.17, 15) is 4.39 Å². The molecule has 4 nitrogen and oxygen atoms in total. The molecule has 5 heteroatoms. The average Bonchev–Trinajstić information content (AvgIpc) is 3.22. The third-order valence-corrected chi connectivity index (χ3v) is 4.47. The summed E-state index contributed by atoms with van der Waals surface area (Å²) in [7, 11) is 0. The second-order valence-electron chi connectivity index (χ2n) is 6.27. The van der Waals surface area contributed by atoms with Crippen LogP contribution in [0.1, 0.15) is 11.1 Å². The fourth-order valence-electron chi connectivity index (χ4n) is 3.07. The molecule has 136 valence electrons. The number of nitrogens with zero attached hydrogens (tertiary/aromatic N) is 4. The molecule has 0 fully saturated rings. The number of aliphatic imine (C=N–C) groups is 2. The largest absolute Gasteiger partial charge is 0.226 e. The van der Waals surface area contributed by atoms with E-state index in [0.717, 1.165) is 11.1 Å². The number of hydrogen-bond acceptors (Lipinski definition) is 4. The van der Waals surface area contributed by atoms with Gasteiger partial charge in [-0.3, -0.25) is 0 Å². The lowest BCUT2D eigenvalue weighted by Crippen LogP contribution is -2.16. The lowest BCUT2D eigenvalue weighted by atomic mass is 10.0. The summed E-state index contributed by atoms with van der Waals surface area (Å²) in [6.45, 7) is 0. The van der Waals surface area contributed by atoms with Crippen LogP contribution in [0.5, 0.6) is 0 Å². The zero-order valence-corrected chi connectivity index (χ0v) is 15.2. The molecule has 0 radical (unpaired) electrons. The quantitative estimate of drug-likeness (QED) is 0.689. The second kappa shape index (κ2) is 7.72. The first-order valence-corrected chi connectivity index (χ1v) is 8.84. The molecule has 0 aromatic heterocycles. The van der Waals surface area contributed by atoms with Crippen LogP contribution in [0.4, 0.5) is 4.39 Å². The predicted octanol–water partition coefficient (Wildman–Crippen LogP) is 3.08. The van der Waals surface area contributed by atoms with Crippen molar-refractivity contribution < 1.29 is 4.39 Å². The van der Waals surface area contributed by atoms with E-state index < -0.39 is 5.82 Å². The van der Waals surface area contributed by atoms with Gasteiger partial charge in [0.1, 0.15) is 23.5 Å². The van der Waals surface area contributed by atoms with E-state index in [1.54, 1.807) is 18.2 Å². The summed E-state index contributed by atoms with van der Waals surface area (Å²) in [6.07, 6.45) is 0. The summed E-state index contributed by atoms with van der Waals surface area (Å²) in [5.74, 6) is -0.281. The number of rotatable bonds is 2. The lowest BCUT2D eigenvalue weighted by Gasteiger charge is -2.04. The van der Waals surface area contributed by atoms with Crippen molar-refractivity contribution in [2.24, 2.45) is 9.98 Å². The predicted molar refractivity (Wildman–Crippen MR) is 110 cm³/mol. The van der Waals surface area contributed by atoms with Gasteiger partial charge in [0.15, 0.2) is 5.82 Å². The first-order valence-electron chi connectivity index (χ1n) is 8.84. The van der Waals surface area contributed by atoms with Gasteiger partial charge in [0.25, 0.3) is 0 Å². The van der Waals surface area contributed by atoms with E-state index in [4.69, 9.17) is 10.5 Å². The molecule has 3 aromatic rings. The molecule has 0 saturated carbocycles. The van der Waals surface area contributed by atoms with Crippen molar-refractivity contribution >= 4 is 22.8 Å². The molecular formula is C24H13FN4. The Kier molecular flexibility index (Phi) is 4.80. The second-order valence-corrected chi connectivity index (χ2v) is 6.27. The number of hydrogen-bond donors (Lipinski definition) is 0. The summed E-state index contributed by atoms with van der Waals surface area (Å²) in [6, 6.07) is 27.0. The van der Waals surface area contributed by atoms with E-state index >= 15 is 0 Å². The maximum atomic E-state index is 14.5. The molecule has 0 aliphatic carbocycles. The first-order chi connectivity index (χ1) is 14.2. The van der Waals surface area contributed by atoms with Crippen molar-refractivity contribution in [3.63, 3.8) is 0 Å². The Labute approximate surface area is 166 Å². The molecule has 29 heavy (non-hydrogen) atoms. The van der Waals surface area contributed by atoms with Crippen LogP contribution in [0.3, 0.4) is 0 Å². The molecule has 0 unspecified atom stereocenters. The molecular weight excluding hydrogens is 363 g/mol. The third kappa shape index (κ3) is 3.45. The van der Waals surface area contributed by atoms with Gasteiger partial charge >= 0.3 is 0 Å². The summed E-state index contributed by atoms with van der Waals surface area (Å²) in [5.41, 5.74) is 2.96. The monoisotopic (exact) mass is 376 g/mol. The molecule has 0 atom stereocenters. The Bertz CT molecular complexity index is 1280. The van der Waals surface area contributed by atoms with Crippen LogP contribution in [-0.2, 0) is 0 Å². The first kappa shape index (κ1) is 18.0. The van der Waals surface area contributed by atoms with Crippen LogP contribution in [0.25, 0.3) is 11.4 Å². The Morgan fingerprint density at radius 2 is 1.24 bits per heavy atom. The van der Waals surface area contributed by atoms with E-state index in [2.05, 4.69) is 9.98 Å². The standard InChI is InChI=1S/C24H13FN4/c25-21-13-18(11-12-20(21)19(14-26)15-27)24-28-22(16-7-3-1-4-8-16)23(29-24)17-9-5-2-6-10-17/h1-13H. The minimum atomic E-state index is -0.659. The number of nitriles is 2. The van der Waals surface area contributed by atoms with Crippen LogP contribution in [0, 0.1) is 28.5 Å².